The molecular formula is C16H21N5O4. The zero-order chi connectivity index (χ0) is 17.9. The van der Waals surface area contributed by atoms with E-state index in [-0.39, 0.29) is 24.0 Å². The van der Waals surface area contributed by atoms with Gasteiger partial charge in [0.05, 0.1) is 6.10 Å². The predicted molar refractivity (Wildman–Crippen MR) is 88.6 cm³/mol. The smallest absolute Gasteiger partial charge is 0.327 e. The van der Waals surface area contributed by atoms with Gasteiger partial charge in [-0.3, -0.25) is 19.9 Å². The summed E-state index contributed by atoms with van der Waals surface area (Å²) in [5.74, 6) is -0.115. The zero-order valence-corrected chi connectivity index (χ0v) is 14.0. The van der Waals surface area contributed by atoms with Crippen molar-refractivity contribution in [1.29, 1.82) is 0 Å². The summed E-state index contributed by atoms with van der Waals surface area (Å²) in [5, 5.41) is 23.2. The van der Waals surface area contributed by atoms with Crippen molar-refractivity contribution < 1.29 is 19.8 Å². The summed E-state index contributed by atoms with van der Waals surface area (Å²) in [4.78, 5) is 31.4. The van der Waals surface area contributed by atoms with E-state index >= 15 is 0 Å². The first-order valence-electron chi connectivity index (χ1n) is 8.18. The van der Waals surface area contributed by atoms with Gasteiger partial charge in [0.25, 0.3) is 5.91 Å². The van der Waals surface area contributed by atoms with Crippen LogP contribution in [0.5, 0.6) is 5.75 Å². The number of phenols is 1. The Balaban J connectivity index is 1.70. The molecule has 1 aromatic rings. The molecule has 0 aliphatic carbocycles. The number of β-amino-alcohol motifs (C(OH)–C–C–N with tert-alkyl or cyclic N) is 1. The van der Waals surface area contributed by atoms with Gasteiger partial charge in [-0.15, -0.1) is 0 Å². The number of aliphatic hydroxyl groups is 1. The molecule has 3 heterocycles. The van der Waals surface area contributed by atoms with Crippen molar-refractivity contribution in [2.24, 2.45) is 0 Å². The fraction of sp³-hybridized carbons (Fsp3) is 0.500. The Morgan fingerprint density at radius 2 is 1.80 bits per heavy atom. The van der Waals surface area contributed by atoms with Gasteiger partial charge in [-0.2, -0.15) is 0 Å². The number of likely N-dealkylation sites (N-methyl/N-ethyl adjacent to an activating group) is 2. The number of hydrogen-bond donors (Lipinski definition) is 3. The molecule has 0 spiro atoms. The van der Waals surface area contributed by atoms with Crippen molar-refractivity contribution >= 4 is 17.6 Å². The van der Waals surface area contributed by atoms with Gasteiger partial charge in [-0.1, -0.05) is 0 Å². The highest BCUT2D eigenvalue weighted by molar-refractivity contribution is 6.00. The second-order valence-corrected chi connectivity index (χ2v) is 6.74. The van der Waals surface area contributed by atoms with Crippen molar-refractivity contribution in [2.45, 2.75) is 24.6 Å². The monoisotopic (exact) mass is 347 g/mol. The summed E-state index contributed by atoms with van der Waals surface area (Å²) in [7, 11) is 3.14. The van der Waals surface area contributed by atoms with Crippen LogP contribution >= 0.6 is 0 Å². The van der Waals surface area contributed by atoms with Crippen molar-refractivity contribution in [3.8, 4) is 5.75 Å². The number of benzene rings is 1. The molecule has 0 saturated carbocycles. The molecule has 25 heavy (non-hydrogen) atoms. The molecule has 3 aliphatic rings. The quantitative estimate of drug-likeness (QED) is 0.598. The maximum Gasteiger partial charge on any atom is 0.327 e. The van der Waals surface area contributed by atoms with E-state index in [1.54, 1.807) is 31.3 Å². The number of imide groups is 1. The van der Waals surface area contributed by atoms with Crippen LogP contribution in [-0.2, 0) is 4.79 Å². The molecule has 9 heteroatoms. The Morgan fingerprint density at radius 3 is 2.48 bits per heavy atom. The number of anilines is 1. The van der Waals surface area contributed by atoms with Crippen LogP contribution in [0, 0.1) is 0 Å². The van der Waals surface area contributed by atoms with Gasteiger partial charge in [0.15, 0.2) is 0 Å². The van der Waals surface area contributed by atoms with E-state index in [1.165, 1.54) is 11.9 Å². The average molecular weight is 347 g/mol. The lowest BCUT2D eigenvalue weighted by molar-refractivity contribution is -0.137. The van der Waals surface area contributed by atoms with E-state index in [0.29, 0.717) is 13.1 Å². The minimum atomic E-state index is -0.633. The highest BCUT2D eigenvalue weighted by atomic mass is 16.3. The van der Waals surface area contributed by atoms with E-state index in [9.17, 15) is 19.8 Å². The molecule has 4 rings (SSSR count). The molecule has 3 fully saturated rings. The van der Waals surface area contributed by atoms with Crippen molar-refractivity contribution in [1.82, 2.24) is 20.0 Å². The molecule has 9 nitrogen and oxygen atoms in total. The topological polar surface area (TPSA) is 99.6 Å². The number of phenolic OH excluding ortho intramolecular Hbond substituents is 1. The Kier molecular flexibility index (Phi) is 3.60. The molecule has 0 bridgehead atoms. The summed E-state index contributed by atoms with van der Waals surface area (Å²) in [6.45, 7) is 0.731. The van der Waals surface area contributed by atoms with Crippen LogP contribution in [0.2, 0.25) is 0 Å². The molecule has 3 saturated heterocycles. The molecule has 0 aromatic heterocycles. The number of carbonyl (C=O) groups excluding carboxylic acids is 2. The first kappa shape index (κ1) is 16.1. The van der Waals surface area contributed by atoms with Crippen LogP contribution in [0.3, 0.4) is 0 Å². The number of urea groups is 1. The zero-order valence-electron chi connectivity index (χ0n) is 14.0. The molecule has 3 amide bonds. The minimum absolute atomic E-state index is 0.161. The first-order chi connectivity index (χ1) is 11.9. The second-order valence-electron chi connectivity index (χ2n) is 6.74. The van der Waals surface area contributed by atoms with Gasteiger partial charge in [-0.25, -0.2) is 4.79 Å². The van der Waals surface area contributed by atoms with E-state index in [2.05, 4.69) is 5.32 Å². The Labute approximate surface area is 145 Å². The third-order valence-electron chi connectivity index (χ3n) is 5.19. The predicted octanol–water partition coefficient (Wildman–Crippen LogP) is -1.02. The number of fused-ring (bicyclic) bond motifs is 3. The van der Waals surface area contributed by atoms with Crippen LogP contribution in [-0.4, -0.2) is 88.6 Å². The largest absolute Gasteiger partial charge is 0.508 e. The fourth-order valence-electron chi connectivity index (χ4n) is 3.92. The number of amides is 3. The molecule has 4 atom stereocenters. The second kappa shape index (κ2) is 5.58. The Hall–Kier alpha value is -2.36. The van der Waals surface area contributed by atoms with Crippen molar-refractivity contribution in [3.63, 3.8) is 0 Å². The van der Waals surface area contributed by atoms with E-state index in [4.69, 9.17) is 0 Å². The first-order valence-corrected chi connectivity index (χ1v) is 8.18. The maximum absolute atomic E-state index is 12.7. The minimum Gasteiger partial charge on any atom is -0.508 e. The van der Waals surface area contributed by atoms with Gasteiger partial charge in [0.2, 0.25) is 0 Å². The number of carbonyl (C=O) groups is 2. The lowest BCUT2D eigenvalue weighted by atomic mass is 10.1. The lowest BCUT2D eigenvalue weighted by Crippen LogP contribution is -2.66. The highest BCUT2D eigenvalue weighted by Crippen LogP contribution is 2.33. The highest BCUT2D eigenvalue weighted by Gasteiger charge is 2.56. The van der Waals surface area contributed by atoms with Crippen molar-refractivity contribution in [2.75, 3.05) is 32.1 Å². The van der Waals surface area contributed by atoms with Gasteiger partial charge >= 0.3 is 6.03 Å². The van der Waals surface area contributed by atoms with Crippen LogP contribution in [0.15, 0.2) is 24.3 Å². The summed E-state index contributed by atoms with van der Waals surface area (Å²) in [5.41, 5.74) is 0.812. The third kappa shape index (κ3) is 2.35. The SMILES string of the molecule is CN1C(=O)C2C(NC3N(c4ccc(O)cc4)CC(O)CN23)N(C)C1=O. The number of aromatic hydroxyl groups is 1. The standard InChI is InChI=1S/C16H21N5O4/c1-18-13-12(14(24)19(2)16(18)25)21-8-11(23)7-20(15(21)17-13)9-3-5-10(22)6-4-9/h3-6,11-13,15,17,22-23H,7-8H2,1-2H3. The normalized spacial score (nSPS) is 32.8. The third-order valence-corrected chi connectivity index (χ3v) is 5.19. The molecule has 0 radical (unpaired) electrons. The summed E-state index contributed by atoms with van der Waals surface area (Å²) in [6.07, 6.45) is -1.41. The van der Waals surface area contributed by atoms with Gasteiger partial charge in [0, 0.05) is 32.9 Å². The molecule has 134 valence electrons. The molecule has 3 aliphatic heterocycles. The molecule has 4 unspecified atom stereocenters. The Morgan fingerprint density at radius 1 is 1.12 bits per heavy atom. The van der Waals surface area contributed by atoms with Crippen LogP contribution < -0.4 is 10.2 Å². The number of hydrogen-bond acceptors (Lipinski definition) is 7. The molecular weight excluding hydrogens is 326 g/mol. The van der Waals surface area contributed by atoms with Gasteiger partial charge in [-0.05, 0) is 24.3 Å². The molecule has 3 N–H and O–H groups in total. The van der Waals surface area contributed by atoms with Crippen LogP contribution in [0.1, 0.15) is 0 Å². The number of nitrogens with zero attached hydrogens (tertiary/aromatic N) is 4. The van der Waals surface area contributed by atoms with E-state index < -0.39 is 18.3 Å². The molecule has 1 aromatic carbocycles. The van der Waals surface area contributed by atoms with Crippen LogP contribution in [0.4, 0.5) is 10.5 Å². The number of aliphatic hydroxyl groups excluding tert-OH is 1. The van der Waals surface area contributed by atoms with E-state index in [0.717, 1.165) is 10.6 Å². The maximum atomic E-state index is 12.7. The van der Waals surface area contributed by atoms with Gasteiger partial charge < -0.3 is 20.0 Å². The Bertz CT molecular complexity index is 711. The average Bonchev–Trinajstić information content (AvgIpc) is 2.97. The summed E-state index contributed by atoms with van der Waals surface area (Å²) in [6, 6.07) is 5.78. The fourth-order valence-corrected chi connectivity index (χ4v) is 3.92. The van der Waals surface area contributed by atoms with E-state index in [1.807, 2.05) is 9.80 Å². The van der Waals surface area contributed by atoms with Gasteiger partial charge in [0.1, 0.15) is 24.2 Å². The summed E-state index contributed by atoms with van der Waals surface area (Å²) >= 11 is 0. The number of nitrogens with one attached hydrogen (secondary N) is 1. The number of rotatable bonds is 1. The van der Waals surface area contributed by atoms with Crippen LogP contribution in [0.25, 0.3) is 0 Å². The van der Waals surface area contributed by atoms with Crippen molar-refractivity contribution in [3.05, 3.63) is 24.3 Å². The summed E-state index contributed by atoms with van der Waals surface area (Å²) < 4.78 is 0. The lowest BCUT2D eigenvalue weighted by Gasteiger charge is -2.45.